The van der Waals surface area contributed by atoms with Crippen molar-refractivity contribution in [2.45, 2.75) is 37.6 Å². The van der Waals surface area contributed by atoms with Crippen LogP contribution < -0.4 is 0 Å². The molecule has 0 aliphatic heterocycles. The van der Waals surface area contributed by atoms with Crippen LogP contribution >= 0.6 is 23.1 Å². The van der Waals surface area contributed by atoms with Gasteiger partial charge in [0.15, 0.2) is 4.34 Å². The van der Waals surface area contributed by atoms with Crippen molar-refractivity contribution in [3.63, 3.8) is 0 Å². The molecule has 1 rings (SSSR count). The van der Waals surface area contributed by atoms with E-state index in [0.717, 1.165) is 10.0 Å². The van der Waals surface area contributed by atoms with Crippen LogP contribution in [0.3, 0.4) is 0 Å². The summed E-state index contributed by atoms with van der Waals surface area (Å²) in [4.78, 5) is 15.6. The highest BCUT2D eigenvalue weighted by Gasteiger charge is 2.16. The first-order valence-electron chi connectivity index (χ1n) is 4.63. The van der Waals surface area contributed by atoms with Gasteiger partial charge in [-0.3, -0.25) is 4.79 Å². The van der Waals surface area contributed by atoms with Gasteiger partial charge in [-0.05, 0) is 27.7 Å². The maximum atomic E-state index is 11.4. The maximum absolute atomic E-state index is 11.4. The molecule has 1 aromatic heterocycles. The van der Waals surface area contributed by atoms with Crippen molar-refractivity contribution in [3.8, 4) is 0 Å². The van der Waals surface area contributed by atoms with E-state index in [0.29, 0.717) is 5.75 Å². The van der Waals surface area contributed by atoms with E-state index < -0.39 is 5.60 Å². The molecule has 84 valence electrons. The summed E-state index contributed by atoms with van der Waals surface area (Å²) in [6, 6.07) is 0. The molecular formula is C10H15NO2S2. The molecule has 3 nitrogen and oxygen atoms in total. The monoisotopic (exact) mass is 245 g/mol. The third-order valence-corrected chi connectivity index (χ3v) is 3.44. The predicted octanol–water partition coefficient (Wildman–Crippen LogP) is 2.89. The number of thiazole rings is 1. The van der Waals surface area contributed by atoms with Crippen LogP contribution in [0.4, 0.5) is 0 Å². The number of thioether (sulfide) groups is 1. The molecule has 5 heteroatoms. The molecule has 0 aromatic carbocycles. The predicted molar refractivity (Wildman–Crippen MR) is 63.4 cm³/mol. The van der Waals surface area contributed by atoms with Gasteiger partial charge in [0.25, 0.3) is 0 Å². The van der Waals surface area contributed by atoms with Crippen molar-refractivity contribution < 1.29 is 9.53 Å². The fraction of sp³-hybridized carbons (Fsp3) is 0.600. The zero-order valence-corrected chi connectivity index (χ0v) is 11.0. The van der Waals surface area contributed by atoms with Gasteiger partial charge in [0.05, 0.1) is 5.75 Å². The zero-order valence-electron chi connectivity index (χ0n) is 9.36. The highest BCUT2D eigenvalue weighted by Crippen LogP contribution is 2.22. The Labute approximate surface area is 98.2 Å². The first kappa shape index (κ1) is 12.5. The van der Waals surface area contributed by atoms with Gasteiger partial charge in [-0.2, -0.15) is 0 Å². The molecular weight excluding hydrogens is 230 g/mol. The van der Waals surface area contributed by atoms with E-state index in [2.05, 4.69) is 4.98 Å². The Morgan fingerprint density at radius 1 is 1.60 bits per heavy atom. The third-order valence-electron chi connectivity index (χ3n) is 1.33. The minimum absolute atomic E-state index is 0.194. The number of aromatic nitrogens is 1. The molecule has 0 aliphatic carbocycles. The van der Waals surface area contributed by atoms with Crippen LogP contribution in [0, 0.1) is 6.92 Å². The molecule has 0 spiro atoms. The van der Waals surface area contributed by atoms with Gasteiger partial charge >= 0.3 is 5.97 Å². The number of esters is 1. The van der Waals surface area contributed by atoms with Crippen LogP contribution in [0.2, 0.25) is 0 Å². The van der Waals surface area contributed by atoms with Crippen molar-refractivity contribution in [1.29, 1.82) is 0 Å². The highest BCUT2D eigenvalue weighted by atomic mass is 32.2. The molecule has 0 saturated heterocycles. The molecule has 0 bridgehead atoms. The van der Waals surface area contributed by atoms with Gasteiger partial charge in [0.2, 0.25) is 0 Å². The Hall–Kier alpha value is -0.550. The topological polar surface area (TPSA) is 39.2 Å². The quantitative estimate of drug-likeness (QED) is 0.606. The van der Waals surface area contributed by atoms with Crippen LogP contribution in [0.5, 0.6) is 0 Å². The Morgan fingerprint density at radius 3 is 2.73 bits per heavy atom. The number of rotatable bonds is 3. The molecule has 0 radical (unpaired) electrons. The smallest absolute Gasteiger partial charge is 0.316 e. The van der Waals surface area contributed by atoms with Crippen molar-refractivity contribution in [2.75, 3.05) is 5.75 Å². The Bertz CT molecular complexity index is 341. The van der Waals surface area contributed by atoms with E-state index in [1.165, 1.54) is 11.8 Å². The van der Waals surface area contributed by atoms with Crippen LogP contribution in [0.15, 0.2) is 9.72 Å². The third kappa shape index (κ3) is 5.18. The number of carbonyl (C=O) groups is 1. The molecule has 0 saturated carbocycles. The van der Waals surface area contributed by atoms with Crippen LogP contribution in [0.1, 0.15) is 26.5 Å². The number of carbonyl (C=O) groups excluding carboxylic acids is 1. The van der Waals surface area contributed by atoms with Crippen molar-refractivity contribution >= 4 is 29.1 Å². The van der Waals surface area contributed by atoms with E-state index in [1.807, 2.05) is 33.1 Å². The summed E-state index contributed by atoms with van der Waals surface area (Å²) in [5.74, 6) is 0.130. The molecule has 0 aliphatic rings. The van der Waals surface area contributed by atoms with Gasteiger partial charge in [-0.1, -0.05) is 11.8 Å². The molecule has 0 atom stereocenters. The average molecular weight is 245 g/mol. The Morgan fingerprint density at radius 2 is 2.27 bits per heavy atom. The fourth-order valence-electron chi connectivity index (χ4n) is 0.890. The first-order chi connectivity index (χ1) is 6.87. The van der Waals surface area contributed by atoms with Gasteiger partial charge in [-0.15, -0.1) is 11.3 Å². The highest BCUT2D eigenvalue weighted by molar-refractivity contribution is 8.01. The maximum Gasteiger partial charge on any atom is 0.316 e. The first-order valence-corrected chi connectivity index (χ1v) is 6.50. The van der Waals surface area contributed by atoms with Crippen molar-refractivity contribution in [1.82, 2.24) is 4.98 Å². The van der Waals surface area contributed by atoms with Crippen LogP contribution in [-0.2, 0) is 9.53 Å². The Kier molecular flexibility index (Phi) is 4.16. The SMILES string of the molecule is Cc1csc(SCC(=O)OC(C)(C)C)n1. The fourth-order valence-corrected chi connectivity index (χ4v) is 2.51. The van der Waals surface area contributed by atoms with E-state index in [4.69, 9.17) is 4.74 Å². The number of hydrogen-bond donors (Lipinski definition) is 0. The summed E-state index contributed by atoms with van der Waals surface area (Å²) < 4.78 is 6.10. The summed E-state index contributed by atoms with van der Waals surface area (Å²) in [5, 5.41) is 1.97. The molecule has 0 fully saturated rings. The van der Waals surface area contributed by atoms with Gasteiger partial charge in [0, 0.05) is 11.1 Å². The largest absolute Gasteiger partial charge is 0.459 e. The van der Waals surface area contributed by atoms with Crippen molar-refractivity contribution in [2.24, 2.45) is 0 Å². The lowest BCUT2D eigenvalue weighted by molar-refractivity contribution is -0.151. The number of ether oxygens (including phenoxy) is 1. The van der Waals surface area contributed by atoms with Gasteiger partial charge in [0.1, 0.15) is 5.60 Å². The van der Waals surface area contributed by atoms with Gasteiger partial charge < -0.3 is 4.74 Å². The second kappa shape index (κ2) is 4.99. The van der Waals surface area contributed by atoms with Gasteiger partial charge in [-0.25, -0.2) is 4.98 Å². The molecule has 0 amide bonds. The molecule has 1 heterocycles. The Balaban J connectivity index is 2.35. The normalized spacial score (nSPS) is 11.5. The molecule has 0 N–H and O–H groups in total. The minimum atomic E-state index is -0.406. The molecule has 0 unspecified atom stereocenters. The number of nitrogens with zero attached hydrogens (tertiary/aromatic N) is 1. The van der Waals surface area contributed by atoms with Crippen molar-refractivity contribution in [3.05, 3.63) is 11.1 Å². The lowest BCUT2D eigenvalue weighted by Crippen LogP contribution is -2.24. The second-order valence-corrected chi connectivity index (χ2v) is 6.21. The van der Waals surface area contributed by atoms with Crippen LogP contribution in [-0.4, -0.2) is 22.3 Å². The van der Waals surface area contributed by atoms with E-state index >= 15 is 0 Å². The summed E-state index contributed by atoms with van der Waals surface area (Å²) in [7, 11) is 0. The summed E-state index contributed by atoms with van der Waals surface area (Å²) in [5.41, 5.74) is 0.586. The number of hydrogen-bond acceptors (Lipinski definition) is 5. The van der Waals surface area contributed by atoms with E-state index in [1.54, 1.807) is 11.3 Å². The lowest BCUT2D eigenvalue weighted by atomic mass is 10.2. The summed E-state index contributed by atoms with van der Waals surface area (Å²) in [6.07, 6.45) is 0. The molecule has 1 aromatic rings. The lowest BCUT2D eigenvalue weighted by Gasteiger charge is -2.18. The number of aryl methyl sites for hydroxylation is 1. The van der Waals surface area contributed by atoms with E-state index in [9.17, 15) is 4.79 Å². The minimum Gasteiger partial charge on any atom is -0.459 e. The standard InChI is InChI=1S/C10H15NO2S2/c1-7-5-14-9(11-7)15-6-8(12)13-10(2,3)4/h5H,6H2,1-4H3. The molecule has 15 heavy (non-hydrogen) atoms. The summed E-state index contributed by atoms with van der Waals surface area (Å²) >= 11 is 2.98. The van der Waals surface area contributed by atoms with Crippen LogP contribution in [0.25, 0.3) is 0 Å². The van der Waals surface area contributed by atoms with E-state index in [-0.39, 0.29) is 5.97 Å². The summed E-state index contributed by atoms with van der Waals surface area (Å²) in [6.45, 7) is 7.53. The average Bonchev–Trinajstić information content (AvgIpc) is 2.45. The zero-order chi connectivity index (χ0) is 11.5. The second-order valence-electron chi connectivity index (χ2n) is 4.13.